The van der Waals surface area contributed by atoms with Crippen molar-refractivity contribution in [3.05, 3.63) is 60.8 Å². The average Bonchev–Trinajstić information content (AvgIpc) is 3.44. The second-order valence-electron chi connectivity index (χ2n) is 23.1. The van der Waals surface area contributed by atoms with Crippen molar-refractivity contribution in [3.8, 4) is 0 Å². The molecule has 0 aliphatic heterocycles. The van der Waals surface area contributed by atoms with E-state index in [9.17, 15) is 14.4 Å². The maximum Gasteiger partial charge on any atom is 0.306 e. The van der Waals surface area contributed by atoms with Crippen LogP contribution in [0.15, 0.2) is 60.8 Å². The molecule has 0 aliphatic rings. The smallest absolute Gasteiger partial charge is 0.306 e. The fraction of sp³-hybridized carbons (Fsp3) is 0.819. The van der Waals surface area contributed by atoms with Crippen LogP contribution in [-0.4, -0.2) is 37.2 Å². The van der Waals surface area contributed by atoms with Crippen molar-refractivity contribution in [2.75, 3.05) is 13.2 Å². The molecule has 454 valence electrons. The predicted molar refractivity (Wildman–Crippen MR) is 339 cm³/mol. The molecule has 0 bridgehead atoms. The SMILES string of the molecule is CC/C=C\C/C=C\C/C=C\C/C=C\CCCCCCC(=O)OC(COC(=O)CCCCCCCCCCCCCCCCCC)COC(=O)CCCCCCCCCCCCCCCCC/C=C\CCCCCCCCCC. The molecule has 0 saturated carbocycles. The molecule has 0 spiro atoms. The average molecular weight is 1090 g/mol. The van der Waals surface area contributed by atoms with Gasteiger partial charge in [-0.3, -0.25) is 14.4 Å². The Morgan fingerprint density at radius 2 is 0.500 bits per heavy atom. The molecule has 1 unspecified atom stereocenters. The van der Waals surface area contributed by atoms with E-state index in [1.54, 1.807) is 0 Å². The molecule has 78 heavy (non-hydrogen) atoms. The molecule has 0 fully saturated rings. The summed E-state index contributed by atoms with van der Waals surface area (Å²) in [5, 5.41) is 0. The molecule has 0 saturated heterocycles. The number of hydrogen-bond donors (Lipinski definition) is 0. The van der Waals surface area contributed by atoms with Crippen LogP contribution in [0, 0.1) is 0 Å². The van der Waals surface area contributed by atoms with Crippen molar-refractivity contribution in [1.82, 2.24) is 0 Å². The summed E-state index contributed by atoms with van der Waals surface area (Å²) in [6, 6.07) is 0. The largest absolute Gasteiger partial charge is 0.462 e. The number of carbonyl (C=O) groups is 3. The number of ether oxygens (including phenoxy) is 3. The van der Waals surface area contributed by atoms with Gasteiger partial charge in [-0.15, -0.1) is 0 Å². The van der Waals surface area contributed by atoms with Gasteiger partial charge in [0, 0.05) is 19.3 Å². The number of hydrogen-bond acceptors (Lipinski definition) is 6. The molecule has 0 aromatic heterocycles. The zero-order valence-corrected chi connectivity index (χ0v) is 52.2. The quantitative estimate of drug-likeness (QED) is 0.0261. The lowest BCUT2D eigenvalue weighted by molar-refractivity contribution is -0.167. The van der Waals surface area contributed by atoms with E-state index in [1.807, 2.05) is 0 Å². The van der Waals surface area contributed by atoms with E-state index >= 15 is 0 Å². The number of unbranched alkanes of at least 4 members (excludes halogenated alkanes) is 42. The molecule has 6 nitrogen and oxygen atoms in total. The van der Waals surface area contributed by atoms with Gasteiger partial charge in [-0.1, -0.05) is 319 Å². The Bertz CT molecular complexity index is 1390. The molecule has 6 heteroatoms. The summed E-state index contributed by atoms with van der Waals surface area (Å²) in [6.07, 6.45) is 85.3. The van der Waals surface area contributed by atoms with Gasteiger partial charge < -0.3 is 14.2 Å². The Morgan fingerprint density at radius 1 is 0.269 bits per heavy atom. The van der Waals surface area contributed by atoms with E-state index in [-0.39, 0.29) is 31.1 Å². The van der Waals surface area contributed by atoms with Gasteiger partial charge >= 0.3 is 17.9 Å². The van der Waals surface area contributed by atoms with Crippen LogP contribution in [0.4, 0.5) is 0 Å². The van der Waals surface area contributed by atoms with E-state index < -0.39 is 6.10 Å². The van der Waals surface area contributed by atoms with Crippen molar-refractivity contribution in [2.45, 2.75) is 367 Å². The molecule has 0 aromatic carbocycles. The summed E-state index contributed by atoms with van der Waals surface area (Å²) in [5.74, 6) is -0.881. The molecule has 0 amide bonds. The van der Waals surface area contributed by atoms with Crippen LogP contribution in [0.25, 0.3) is 0 Å². The molecular weight excluding hydrogens is 961 g/mol. The second-order valence-corrected chi connectivity index (χ2v) is 23.1. The van der Waals surface area contributed by atoms with E-state index in [4.69, 9.17) is 14.2 Å². The molecule has 0 aromatic rings. The Labute approximate surface area is 485 Å². The zero-order valence-electron chi connectivity index (χ0n) is 52.2. The molecule has 0 radical (unpaired) electrons. The minimum atomic E-state index is -0.786. The van der Waals surface area contributed by atoms with Gasteiger partial charge in [0.1, 0.15) is 13.2 Å². The number of allylic oxidation sites excluding steroid dienone is 10. The maximum atomic E-state index is 12.9. The normalized spacial score (nSPS) is 12.4. The van der Waals surface area contributed by atoms with Gasteiger partial charge in [-0.2, -0.15) is 0 Å². The fourth-order valence-corrected chi connectivity index (χ4v) is 10.1. The minimum absolute atomic E-state index is 0.0800. The van der Waals surface area contributed by atoms with Crippen LogP contribution in [0.2, 0.25) is 0 Å². The standard InChI is InChI=1S/C72H130O6/c1-4-7-10-13-16-19-22-25-28-31-32-33-34-35-36-37-38-39-40-42-44-47-50-53-56-59-62-65-71(74)77-68-69(67-76-70(73)64-61-58-55-52-49-46-43-30-27-24-21-18-15-12-9-6-3)78-72(75)66-63-60-57-54-51-48-45-41-29-26-23-20-17-14-11-8-5-2/h8,11,17,20,26,29,31-32,45,48,69H,4-7,9-10,12-16,18-19,21-25,27-28,30,33-44,46-47,49-68H2,1-3H3/b11-8-,20-17-,29-26-,32-31-,48-45-. The topological polar surface area (TPSA) is 78.9 Å². The summed E-state index contributed by atoms with van der Waals surface area (Å²) in [4.78, 5) is 38.4. The van der Waals surface area contributed by atoms with Gasteiger partial charge in [0.05, 0.1) is 0 Å². The number of esters is 3. The highest BCUT2D eigenvalue weighted by Gasteiger charge is 2.19. The second kappa shape index (κ2) is 66.6. The van der Waals surface area contributed by atoms with Gasteiger partial charge in [0.25, 0.3) is 0 Å². The first-order chi connectivity index (χ1) is 38.5. The lowest BCUT2D eigenvalue weighted by Gasteiger charge is -2.18. The highest BCUT2D eigenvalue weighted by atomic mass is 16.6. The predicted octanol–water partition coefficient (Wildman–Crippen LogP) is 23.5. The van der Waals surface area contributed by atoms with E-state index in [1.165, 1.54) is 225 Å². The monoisotopic (exact) mass is 1090 g/mol. The summed E-state index contributed by atoms with van der Waals surface area (Å²) < 4.78 is 17.0. The molecule has 0 N–H and O–H groups in total. The lowest BCUT2D eigenvalue weighted by atomic mass is 10.0. The van der Waals surface area contributed by atoms with Gasteiger partial charge in [0.2, 0.25) is 0 Å². The number of carbonyl (C=O) groups excluding carboxylic acids is 3. The third kappa shape index (κ3) is 63.9. The van der Waals surface area contributed by atoms with Gasteiger partial charge in [0.15, 0.2) is 6.10 Å². The lowest BCUT2D eigenvalue weighted by Crippen LogP contribution is -2.30. The molecule has 0 aliphatic carbocycles. The fourth-order valence-electron chi connectivity index (χ4n) is 10.1. The van der Waals surface area contributed by atoms with Crippen molar-refractivity contribution < 1.29 is 28.6 Å². The molecule has 1 atom stereocenters. The Kier molecular flexibility index (Phi) is 64.2. The Morgan fingerprint density at radius 3 is 0.795 bits per heavy atom. The summed E-state index contributed by atoms with van der Waals surface area (Å²) in [7, 11) is 0. The van der Waals surface area contributed by atoms with Crippen molar-refractivity contribution in [2.24, 2.45) is 0 Å². The maximum absolute atomic E-state index is 12.9. The zero-order chi connectivity index (χ0) is 56.4. The van der Waals surface area contributed by atoms with Crippen LogP contribution < -0.4 is 0 Å². The first-order valence-corrected chi connectivity index (χ1v) is 34.3. The van der Waals surface area contributed by atoms with Crippen molar-refractivity contribution in [3.63, 3.8) is 0 Å². The number of rotatable bonds is 63. The van der Waals surface area contributed by atoms with Crippen LogP contribution >= 0.6 is 0 Å². The van der Waals surface area contributed by atoms with Crippen LogP contribution in [-0.2, 0) is 28.6 Å². The van der Waals surface area contributed by atoms with Crippen LogP contribution in [0.3, 0.4) is 0 Å². The third-order valence-corrected chi connectivity index (χ3v) is 15.3. The molecule has 0 heterocycles. The van der Waals surface area contributed by atoms with E-state index in [2.05, 4.69) is 81.5 Å². The van der Waals surface area contributed by atoms with Crippen molar-refractivity contribution >= 4 is 17.9 Å². The first kappa shape index (κ1) is 75.1. The highest BCUT2D eigenvalue weighted by Crippen LogP contribution is 2.18. The Hall–Kier alpha value is -2.89. The molecular formula is C72H130O6. The highest BCUT2D eigenvalue weighted by molar-refractivity contribution is 5.71. The summed E-state index contributed by atoms with van der Waals surface area (Å²) in [5.41, 5.74) is 0. The van der Waals surface area contributed by atoms with Crippen molar-refractivity contribution in [1.29, 1.82) is 0 Å². The van der Waals surface area contributed by atoms with Gasteiger partial charge in [-0.05, 0) is 83.5 Å². The molecule has 0 rings (SSSR count). The van der Waals surface area contributed by atoms with E-state index in [0.29, 0.717) is 19.3 Å². The minimum Gasteiger partial charge on any atom is -0.462 e. The summed E-state index contributed by atoms with van der Waals surface area (Å²) in [6.45, 7) is 6.57. The van der Waals surface area contributed by atoms with Gasteiger partial charge in [-0.25, -0.2) is 0 Å². The third-order valence-electron chi connectivity index (χ3n) is 15.3. The Balaban J connectivity index is 4.27. The first-order valence-electron chi connectivity index (χ1n) is 34.3. The van der Waals surface area contributed by atoms with E-state index in [0.717, 1.165) is 96.3 Å². The van der Waals surface area contributed by atoms with Crippen LogP contribution in [0.1, 0.15) is 361 Å². The summed E-state index contributed by atoms with van der Waals surface area (Å²) >= 11 is 0. The van der Waals surface area contributed by atoms with Crippen LogP contribution in [0.5, 0.6) is 0 Å².